The number of hydrogen-bond acceptors (Lipinski definition) is 2. The van der Waals surface area contributed by atoms with Crippen molar-refractivity contribution in [2.24, 2.45) is 0 Å². The maximum absolute atomic E-state index is 12.3. The number of benzene rings is 2. The molecule has 1 N–H and O–H groups in total. The molecule has 0 unspecified atom stereocenters. The van der Waals surface area contributed by atoms with E-state index in [0.717, 1.165) is 18.4 Å². The number of carbonyl (C=O) groups excluding carboxylic acids is 2. The number of aryl methyl sites for hydroxylation is 3. The van der Waals surface area contributed by atoms with Crippen molar-refractivity contribution in [3.63, 3.8) is 0 Å². The number of rotatable bonds is 5. The first-order valence-electron chi connectivity index (χ1n) is 8.52. The standard InChI is InChI=1S/C21H23NO2/c1-14-7-8-17(13-15(14)2)20(23)11-12-21(24)22-19-10-9-16-5-3-4-6-18(16)19/h3-8,13,19H,9-12H2,1-2H3,(H,22,24)/t19-/m1/s1. The minimum absolute atomic E-state index is 0.0278. The van der Waals surface area contributed by atoms with Crippen LogP contribution in [0.2, 0.25) is 0 Å². The van der Waals surface area contributed by atoms with Gasteiger partial charge in [-0.1, -0.05) is 36.4 Å². The van der Waals surface area contributed by atoms with Crippen LogP contribution in [-0.2, 0) is 11.2 Å². The highest BCUT2D eigenvalue weighted by Gasteiger charge is 2.23. The second-order valence-electron chi connectivity index (χ2n) is 6.58. The third-order valence-electron chi connectivity index (χ3n) is 4.88. The van der Waals surface area contributed by atoms with Crippen molar-refractivity contribution >= 4 is 11.7 Å². The number of ketones is 1. The first-order chi connectivity index (χ1) is 11.5. The summed E-state index contributed by atoms with van der Waals surface area (Å²) >= 11 is 0. The molecule has 0 bridgehead atoms. The van der Waals surface area contributed by atoms with Gasteiger partial charge >= 0.3 is 0 Å². The largest absolute Gasteiger partial charge is 0.349 e. The maximum atomic E-state index is 12.3. The molecule has 24 heavy (non-hydrogen) atoms. The van der Waals surface area contributed by atoms with Crippen molar-refractivity contribution in [2.75, 3.05) is 0 Å². The molecule has 2 aromatic carbocycles. The van der Waals surface area contributed by atoms with Gasteiger partial charge in [0, 0.05) is 18.4 Å². The van der Waals surface area contributed by atoms with Crippen LogP contribution < -0.4 is 5.32 Å². The molecule has 124 valence electrons. The fraction of sp³-hybridized carbons (Fsp3) is 0.333. The molecule has 3 nitrogen and oxygen atoms in total. The summed E-state index contributed by atoms with van der Waals surface area (Å²) in [6, 6.07) is 14.0. The average molecular weight is 321 g/mol. The van der Waals surface area contributed by atoms with Gasteiger partial charge in [0.15, 0.2) is 5.78 Å². The lowest BCUT2D eigenvalue weighted by Gasteiger charge is -2.14. The number of Topliss-reactive ketones (excluding diaryl/α,β-unsaturated/α-hetero) is 1. The fourth-order valence-electron chi connectivity index (χ4n) is 3.26. The number of amides is 1. The van der Waals surface area contributed by atoms with Gasteiger partial charge < -0.3 is 5.32 Å². The first kappa shape index (κ1) is 16.4. The summed E-state index contributed by atoms with van der Waals surface area (Å²) in [5.74, 6) is -0.0195. The smallest absolute Gasteiger partial charge is 0.220 e. The molecule has 0 fully saturated rings. The van der Waals surface area contributed by atoms with Crippen LogP contribution in [0.3, 0.4) is 0 Å². The molecule has 0 aliphatic heterocycles. The van der Waals surface area contributed by atoms with Crippen LogP contribution in [0.4, 0.5) is 0 Å². The van der Waals surface area contributed by atoms with E-state index < -0.39 is 0 Å². The van der Waals surface area contributed by atoms with Gasteiger partial charge in [-0.25, -0.2) is 0 Å². The highest BCUT2D eigenvalue weighted by atomic mass is 16.2. The van der Waals surface area contributed by atoms with Crippen LogP contribution in [0.1, 0.15) is 57.9 Å². The number of fused-ring (bicyclic) bond motifs is 1. The van der Waals surface area contributed by atoms with Crippen molar-refractivity contribution in [1.29, 1.82) is 0 Å². The predicted octanol–water partition coefficient (Wildman–Crippen LogP) is 4.07. The SMILES string of the molecule is Cc1ccc(C(=O)CCC(=O)N[C@@H]2CCc3ccccc32)cc1C. The number of carbonyl (C=O) groups is 2. The lowest BCUT2D eigenvalue weighted by atomic mass is 10.0. The third kappa shape index (κ3) is 3.56. The normalized spacial score (nSPS) is 15.8. The Bertz CT molecular complexity index is 779. The van der Waals surface area contributed by atoms with Gasteiger partial charge in [0.05, 0.1) is 6.04 Å². The minimum atomic E-state index is -0.0473. The first-order valence-corrected chi connectivity index (χ1v) is 8.52. The lowest BCUT2D eigenvalue weighted by Crippen LogP contribution is -2.27. The Labute approximate surface area is 143 Å². The quantitative estimate of drug-likeness (QED) is 0.844. The Balaban J connectivity index is 1.54. The van der Waals surface area contributed by atoms with Crippen LogP contribution in [0, 0.1) is 13.8 Å². The summed E-state index contributed by atoms with van der Waals surface area (Å²) in [7, 11) is 0. The molecule has 1 atom stereocenters. The second-order valence-corrected chi connectivity index (χ2v) is 6.58. The van der Waals surface area contributed by atoms with E-state index in [-0.39, 0.29) is 30.6 Å². The van der Waals surface area contributed by atoms with Crippen molar-refractivity contribution in [3.8, 4) is 0 Å². The number of nitrogens with one attached hydrogen (secondary N) is 1. The monoisotopic (exact) mass is 321 g/mol. The summed E-state index contributed by atoms with van der Waals surface area (Å²) in [5.41, 5.74) is 5.49. The van der Waals surface area contributed by atoms with Gasteiger partial charge in [-0.3, -0.25) is 9.59 Å². The van der Waals surface area contributed by atoms with E-state index in [2.05, 4.69) is 17.4 Å². The molecule has 0 spiro atoms. The van der Waals surface area contributed by atoms with Gasteiger partial charge in [-0.05, 0) is 55.0 Å². The predicted molar refractivity (Wildman–Crippen MR) is 95.1 cm³/mol. The third-order valence-corrected chi connectivity index (χ3v) is 4.88. The van der Waals surface area contributed by atoms with Crippen LogP contribution in [-0.4, -0.2) is 11.7 Å². The maximum Gasteiger partial charge on any atom is 0.220 e. The van der Waals surface area contributed by atoms with Crippen LogP contribution in [0.5, 0.6) is 0 Å². The molecule has 0 radical (unpaired) electrons. The van der Waals surface area contributed by atoms with E-state index in [1.165, 1.54) is 16.7 Å². The van der Waals surface area contributed by atoms with E-state index in [9.17, 15) is 9.59 Å². The van der Waals surface area contributed by atoms with Crippen molar-refractivity contribution in [1.82, 2.24) is 5.32 Å². The van der Waals surface area contributed by atoms with Gasteiger partial charge in [-0.2, -0.15) is 0 Å². The van der Waals surface area contributed by atoms with Crippen LogP contribution >= 0.6 is 0 Å². The Morgan fingerprint density at radius 1 is 1.04 bits per heavy atom. The highest BCUT2D eigenvalue weighted by molar-refractivity contribution is 5.98. The van der Waals surface area contributed by atoms with Gasteiger partial charge in [0.25, 0.3) is 0 Å². The molecule has 1 aliphatic rings. The van der Waals surface area contributed by atoms with E-state index in [0.29, 0.717) is 5.56 Å². The van der Waals surface area contributed by atoms with Crippen LogP contribution in [0.15, 0.2) is 42.5 Å². The van der Waals surface area contributed by atoms with E-state index in [1.54, 1.807) is 0 Å². The summed E-state index contributed by atoms with van der Waals surface area (Å²) < 4.78 is 0. The van der Waals surface area contributed by atoms with Gasteiger partial charge in [0.2, 0.25) is 5.91 Å². The molecule has 1 aliphatic carbocycles. The second kappa shape index (κ2) is 7.00. The van der Waals surface area contributed by atoms with Gasteiger partial charge in [0.1, 0.15) is 0 Å². The topological polar surface area (TPSA) is 46.2 Å². The Hall–Kier alpha value is -2.42. The van der Waals surface area contributed by atoms with Crippen molar-refractivity contribution < 1.29 is 9.59 Å². The van der Waals surface area contributed by atoms with E-state index >= 15 is 0 Å². The molecular weight excluding hydrogens is 298 g/mol. The summed E-state index contributed by atoms with van der Waals surface area (Å²) in [6.07, 6.45) is 2.44. The van der Waals surface area contributed by atoms with Crippen LogP contribution in [0.25, 0.3) is 0 Å². The lowest BCUT2D eigenvalue weighted by molar-refractivity contribution is -0.121. The molecule has 0 heterocycles. The summed E-state index contributed by atoms with van der Waals surface area (Å²) in [6.45, 7) is 4.02. The van der Waals surface area contributed by atoms with Crippen molar-refractivity contribution in [2.45, 2.75) is 45.6 Å². The zero-order chi connectivity index (χ0) is 17.1. The minimum Gasteiger partial charge on any atom is -0.349 e. The summed E-state index contributed by atoms with van der Waals surface area (Å²) in [5, 5.41) is 3.07. The zero-order valence-electron chi connectivity index (χ0n) is 14.3. The Kier molecular flexibility index (Phi) is 4.79. The Morgan fingerprint density at radius 3 is 2.62 bits per heavy atom. The molecule has 0 aromatic heterocycles. The average Bonchev–Trinajstić information content (AvgIpc) is 2.98. The van der Waals surface area contributed by atoms with E-state index in [4.69, 9.17) is 0 Å². The summed E-state index contributed by atoms with van der Waals surface area (Å²) in [4.78, 5) is 24.5. The fourth-order valence-corrected chi connectivity index (χ4v) is 3.26. The molecule has 0 saturated carbocycles. The van der Waals surface area contributed by atoms with Gasteiger partial charge in [-0.15, -0.1) is 0 Å². The van der Waals surface area contributed by atoms with Crippen molar-refractivity contribution in [3.05, 3.63) is 70.3 Å². The molecular formula is C21H23NO2. The zero-order valence-corrected chi connectivity index (χ0v) is 14.3. The molecule has 2 aromatic rings. The molecule has 3 heteroatoms. The molecule has 3 rings (SSSR count). The van der Waals surface area contributed by atoms with E-state index in [1.807, 2.05) is 44.2 Å². The molecule has 1 amide bonds. The Morgan fingerprint density at radius 2 is 1.83 bits per heavy atom. The number of hydrogen-bond donors (Lipinski definition) is 1. The molecule has 0 saturated heterocycles. The highest BCUT2D eigenvalue weighted by Crippen LogP contribution is 2.30.